The molecule has 6 heteroatoms. The molecule has 0 unspecified atom stereocenters. The number of nitrogens with two attached hydrogens (primary N) is 1. The molecule has 0 bridgehead atoms. The first-order valence-electron chi connectivity index (χ1n) is 7.50. The number of nitrogens with one attached hydrogen (secondary N) is 1. The van der Waals surface area contributed by atoms with Crippen LogP contribution in [0.3, 0.4) is 0 Å². The Labute approximate surface area is 135 Å². The Bertz CT molecular complexity index is 697. The first kappa shape index (κ1) is 16.6. The van der Waals surface area contributed by atoms with Crippen LogP contribution in [0.5, 0.6) is 0 Å². The standard InChI is InChI=1S/C17H21N5O/c1-2-13-6-5-7-14(12-13)20-16-9-4-3-8-15(16)17(21-18)22-19-10-11-23/h3-9,12,20,23H,2,10-11,18H2,1H3. The van der Waals surface area contributed by atoms with Gasteiger partial charge in [0.25, 0.3) is 0 Å². The van der Waals surface area contributed by atoms with Gasteiger partial charge in [0.1, 0.15) is 0 Å². The van der Waals surface area contributed by atoms with Gasteiger partial charge in [-0.25, -0.2) is 0 Å². The van der Waals surface area contributed by atoms with Crippen LogP contribution in [-0.4, -0.2) is 24.1 Å². The topological polar surface area (TPSA) is 95.4 Å². The van der Waals surface area contributed by atoms with Crippen molar-refractivity contribution in [1.82, 2.24) is 0 Å². The van der Waals surface area contributed by atoms with Crippen molar-refractivity contribution in [3.63, 3.8) is 0 Å². The molecule has 0 fully saturated rings. The molecule has 2 aromatic carbocycles. The van der Waals surface area contributed by atoms with Crippen LogP contribution in [0.1, 0.15) is 18.1 Å². The number of azo groups is 1. The first-order valence-corrected chi connectivity index (χ1v) is 7.50. The van der Waals surface area contributed by atoms with Crippen molar-refractivity contribution in [2.24, 2.45) is 21.2 Å². The lowest BCUT2D eigenvalue weighted by atomic mass is 10.1. The van der Waals surface area contributed by atoms with Gasteiger partial charge >= 0.3 is 0 Å². The van der Waals surface area contributed by atoms with E-state index in [1.807, 2.05) is 36.4 Å². The molecule has 0 saturated carbocycles. The van der Waals surface area contributed by atoms with E-state index in [2.05, 4.69) is 39.7 Å². The molecule has 0 aromatic heterocycles. The number of aliphatic hydroxyl groups is 1. The second-order valence-electron chi connectivity index (χ2n) is 4.87. The largest absolute Gasteiger partial charge is 0.394 e. The van der Waals surface area contributed by atoms with Crippen molar-refractivity contribution in [3.8, 4) is 0 Å². The smallest absolute Gasteiger partial charge is 0.202 e. The Balaban J connectivity index is 2.29. The molecular weight excluding hydrogens is 290 g/mol. The van der Waals surface area contributed by atoms with Gasteiger partial charge in [-0.2, -0.15) is 10.2 Å². The minimum atomic E-state index is -0.0644. The van der Waals surface area contributed by atoms with Crippen molar-refractivity contribution in [3.05, 3.63) is 59.7 Å². The number of para-hydroxylation sites is 1. The van der Waals surface area contributed by atoms with Crippen molar-refractivity contribution in [1.29, 1.82) is 0 Å². The zero-order valence-electron chi connectivity index (χ0n) is 13.1. The number of benzene rings is 2. The fraction of sp³-hybridized carbons (Fsp3) is 0.235. The van der Waals surface area contributed by atoms with Crippen LogP contribution in [0.25, 0.3) is 0 Å². The van der Waals surface area contributed by atoms with E-state index in [1.54, 1.807) is 0 Å². The number of hydrogen-bond donors (Lipinski definition) is 3. The van der Waals surface area contributed by atoms with Crippen LogP contribution in [-0.2, 0) is 6.42 Å². The Kier molecular flexibility index (Phi) is 6.26. The monoisotopic (exact) mass is 311 g/mol. The number of nitrogens with zero attached hydrogens (tertiary/aromatic N) is 3. The van der Waals surface area contributed by atoms with Crippen LogP contribution in [0, 0.1) is 0 Å². The molecule has 0 heterocycles. The maximum Gasteiger partial charge on any atom is 0.202 e. The van der Waals surface area contributed by atoms with E-state index in [0.717, 1.165) is 23.4 Å². The van der Waals surface area contributed by atoms with Gasteiger partial charge in [-0.15, -0.1) is 5.11 Å². The van der Waals surface area contributed by atoms with Crippen LogP contribution < -0.4 is 11.2 Å². The normalized spacial score (nSPS) is 11.8. The van der Waals surface area contributed by atoms with Crippen molar-refractivity contribution < 1.29 is 5.11 Å². The molecule has 120 valence electrons. The molecule has 0 radical (unpaired) electrons. The van der Waals surface area contributed by atoms with Crippen LogP contribution >= 0.6 is 0 Å². The van der Waals surface area contributed by atoms with Gasteiger partial charge in [0, 0.05) is 16.9 Å². The Hall–Kier alpha value is -2.73. The van der Waals surface area contributed by atoms with E-state index >= 15 is 0 Å². The minimum absolute atomic E-state index is 0.0644. The van der Waals surface area contributed by atoms with Gasteiger partial charge in [-0.3, -0.25) is 0 Å². The highest BCUT2D eigenvalue weighted by Gasteiger charge is 2.09. The van der Waals surface area contributed by atoms with Crippen molar-refractivity contribution >= 4 is 17.2 Å². The average Bonchev–Trinajstić information content (AvgIpc) is 2.60. The Morgan fingerprint density at radius 1 is 1.17 bits per heavy atom. The lowest BCUT2D eigenvalue weighted by molar-refractivity contribution is 0.305. The summed E-state index contributed by atoms with van der Waals surface area (Å²) < 4.78 is 0. The fourth-order valence-corrected chi connectivity index (χ4v) is 2.12. The summed E-state index contributed by atoms with van der Waals surface area (Å²) in [5, 5.41) is 23.7. The summed E-state index contributed by atoms with van der Waals surface area (Å²) in [7, 11) is 0. The van der Waals surface area contributed by atoms with E-state index in [0.29, 0.717) is 5.84 Å². The predicted octanol–water partition coefficient (Wildman–Crippen LogP) is 3.06. The van der Waals surface area contributed by atoms with Crippen molar-refractivity contribution in [2.45, 2.75) is 13.3 Å². The molecule has 0 aliphatic heterocycles. The number of anilines is 2. The maximum atomic E-state index is 8.78. The Morgan fingerprint density at radius 3 is 2.74 bits per heavy atom. The highest BCUT2D eigenvalue weighted by Crippen LogP contribution is 2.23. The number of amidine groups is 1. The van der Waals surface area contributed by atoms with Crippen LogP contribution in [0.2, 0.25) is 0 Å². The number of aliphatic hydroxyl groups excluding tert-OH is 1. The lowest BCUT2D eigenvalue weighted by Gasteiger charge is -2.12. The van der Waals surface area contributed by atoms with E-state index < -0.39 is 0 Å². The number of aryl methyl sites for hydroxylation is 1. The molecule has 4 N–H and O–H groups in total. The molecule has 6 nitrogen and oxygen atoms in total. The summed E-state index contributed by atoms with van der Waals surface area (Å²) in [5.74, 6) is 5.75. The molecule has 0 saturated heterocycles. The molecule has 0 amide bonds. The molecule has 2 aromatic rings. The van der Waals surface area contributed by atoms with E-state index in [4.69, 9.17) is 10.9 Å². The van der Waals surface area contributed by atoms with Gasteiger partial charge in [-0.1, -0.05) is 31.2 Å². The molecule has 2 rings (SSSR count). The number of rotatable bonds is 6. The summed E-state index contributed by atoms with van der Waals surface area (Å²) in [4.78, 5) is 0. The van der Waals surface area contributed by atoms with Gasteiger partial charge in [0.2, 0.25) is 5.84 Å². The molecular formula is C17H21N5O. The van der Waals surface area contributed by atoms with Crippen LogP contribution in [0.4, 0.5) is 11.4 Å². The SMILES string of the molecule is CCc1cccc(Nc2ccccc2C(N=NCCO)=NN)c1. The number of hydrazone groups is 1. The van der Waals surface area contributed by atoms with Crippen LogP contribution in [0.15, 0.2) is 63.9 Å². The average molecular weight is 311 g/mol. The quantitative estimate of drug-likeness (QED) is 0.251. The van der Waals surface area contributed by atoms with E-state index in [-0.39, 0.29) is 13.2 Å². The third-order valence-electron chi connectivity index (χ3n) is 3.27. The summed E-state index contributed by atoms with van der Waals surface area (Å²) in [6.07, 6.45) is 0.974. The van der Waals surface area contributed by atoms with E-state index in [9.17, 15) is 0 Å². The van der Waals surface area contributed by atoms with Gasteiger partial charge < -0.3 is 16.3 Å². The molecule has 0 aliphatic carbocycles. The Morgan fingerprint density at radius 2 is 2.00 bits per heavy atom. The maximum absolute atomic E-state index is 8.78. The number of hydrogen-bond acceptors (Lipinski definition) is 5. The van der Waals surface area contributed by atoms with Gasteiger partial charge in [0.15, 0.2) is 0 Å². The second kappa shape index (κ2) is 8.65. The van der Waals surface area contributed by atoms with Gasteiger partial charge in [-0.05, 0) is 36.2 Å². The summed E-state index contributed by atoms with van der Waals surface area (Å²) in [5.41, 5.74) is 3.83. The molecule has 0 spiro atoms. The van der Waals surface area contributed by atoms with Crippen molar-refractivity contribution in [2.75, 3.05) is 18.5 Å². The summed E-state index contributed by atoms with van der Waals surface area (Å²) in [6.45, 7) is 2.27. The third-order valence-corrected chi connectivity index (χ3v) is 3.27. The highest BCUT2D eigenvalue weighted by atomic mass is 16.3. The highest BCUT2D eigenvalue weighted by molar-refractivity contribution is 6.04. The molecule has 0 aliphatic rings. The molecule has 0 atom stereocenters. The summed E-state index contributed by atoms with van der Waals surface area (Å²) >= 11 is 0. The zero-order valence-corrected chi connectivity index (χ0v) is 13.1. The predicted molar refractivity (Wildman–Crippen MR) is 93.1 cm³/mol. The minimum Gasteiger partial charge on any atom is -0.394 e. The lowest BCUT2D eigenvalue weighted by Crippen LogP contribution is -2.05. The van der Waals surface area contributed by atoms with E-state index in [1.165, 1.54) is 5.56 Å². The zero-order chi connectivity index (χ0) is 16.5. The first-order chi connectivity index (χ1) is 11.3. The molecule has 23 heavy (non-hydrogen) atoms. The summed E-state index contributed by atoms with van der Waals surface area (Å²) in [6, 6.07) is 15.8. The fourth-order valence-electron chi connectivity index (χ4n) is 2.12. The third kappa shape index (κ3) is 4.62. The van der Waals surface area contributed by atoms with Gasteiger partial charge in [0.05, 0.1) is 13.2 Å². The second-order valence-corrected chi connectivity index (χ2v) is 4.87.